The predicted octanol–water partition coefficient (Wildman–Crippen LogP) is 6.78. The molecule has 0 saturated carbocycles. The van der Waals surface area contributed by atoms with Gasteiger partial charge in [-0.1, -0.05) is 84.9 Å². The van der Waals surface area contributed by atoms with Gasteiger partial charge in [-0.25, -0.2) is 0 Å². The average Bonchev–Trinajstić information content (AvgIpc) is 2.90. The summed E-state index contributed by atoms with van der Waals surface area (Å²) in [4.78, 5) is 27.9. The van der Waals surface area contributed by atoms with Gasteiger partial charge in [0.15, 0.2) is 0 Å². The van der Waals surface area contributed by atoms with Crippen LogP contribution in [-0.4, -0.2) is 0 Å². The Hall–Kier alpha value is -4.74. The molecule has 2 radical (unpaired) electrons. The van der Waals surface area contributed by atoms with Crippen molar-refractivity contribution in [3.05, 3.63) is 130 Å². The molecule has 0 aliphatic rings. The fourth-order valence-electron chi connectivity index (χ4n) is 4.32. The van der Waals surface area contributed by atoms with E-state index in [1.165, 1.54) is 0 Å². The Morgan fingerprint density at radius 1 is 0.429 bits per heavy atom. The van der Waals surface area contributed by atoms with Gasteiger partial charge >= 0.3 is 0 Å². The molecule has 2 heterocycles. The smallest absolute Gasteiger partial charge is 0.201 e. The molecule has 0 fully saturated rings. The Morgan fingerprint density at radius 3 is 1.17 bits per heavy atom. The minimum absolute atomic E-state index is 0. The molecule has 0 spiro atoms. The van der Waals surface area contributed by atoms with E-state index in [1.54, 1.807) is 36.4 Å². The third kappa shape index (κ3) is 3.64. The Bertz CT molecular complexity index is 1650. The molecule has 0 saturated heterocycles. The maximum absolute atomic E-state index is 14.0. The second-order valence-corrected chi connectivity index (χ2v) is 7.99. The van der Waals surface area contributed by atoms with E-state index in [0.717, 1.165) is 0 Å². The largest absolute Gasteiger partial charge is 0.455 e. The zero-order valence-corrected chi connectivity index (χ0v) is 18.4. The first-order chi connectivity index (χ1) is 16.7. The molecule has 168 valence electrons. The molecule has 4 aromatic carbocycles. The molecule has 6 rings (SSSR count). The molecule has 5 heteroatoms. The van der Waals surface area contributed by atoms with Gasteiger partial charge in [-0.2, -0.15) is 0 Å². The number of fused-ring (bicyclic) bond motifs is 2. The molecule has 0 aliphatic heterocycles. The number of hydrogen-bond donors (Lipinski definition) is 0. The van der Waals surface area contributed by atoms with Crippen LogP contribution in [0, 0.1) is 0 Å². The van der Waals surface area contributed by atoms with Crippen LogP contribution in [0.2, 0.25) is 0 Å². The monoisotopic (exact) mass is 458 g/mol. The SMILES string of the molecule is O=c1c(-c2c(-c3ccccc3)oc3ccccc3c2=O)c(-c2ccccc2)oc2ccccc12.[O]. The van der Waals surface area contributed by atoms with Crippen molar-refractivity contribution in [3.8, 4) is 33.8 Å². The standard InChI is InChI=1S/C30H18O4.O/c31-27-21-15-7-9-17-23(21)33-29(19-11-3-1-4-12-19)25(27)26-28(32)22-16-8-10-18-24(22)34-30(26)20-13-5-2-6-14-20;/h1-18H;. The molecular weight excluding hydrogens is 440 g/mol. The zero-order chi connectivity index (χ0) is 23.1. The van der Waals surface area contributed by atoms with Crippen LogP contribution in [0.3, 0.4) is 0 Å². The molecule has 0 atom stereocenters. The highest BCUT2D eigenvalue weighted by Crippen LogP contribution is 2.37. The molecule has 35 heavy (non-hydrogen) atoms. The first kappa shape index (κ1) is 22.1. The maximum Gasteiger partial charge on any atom is 0.201 e. The summed E-state index contributed by atoms with van der Waals surface area (Å²) in [5, 5.41) is 0.813. The van der Waals surface area contributed by atoms with Crippen LogP contribution in [0.25, 0.3) is 55.7 Å². The lowest BCUT2D eigenvalue weighted by Gasteiger charge is -2.14. The first-order valence-corrected chi connectivity index (χ1v) is 11.0. The molecular formula is C30H18O5. The Morgan fingerprint density at radius 2 is 0.771 bits per heavy atom. The van der Waals surface area contributed by atoms with Crippen molar-refractivity contribution in [1.82, 2.24) is 0 Å². The molecule has 0 aliphatic carbocycles. The van der Waals surface area contributed by atoms with Crippen LogP contribution in [0.1, 0.15) is 0 Å². The topological polar surface area (TPSA) is 88.9 Å². The lowest BCUT2D eigenvalue weighted by Crippen LogP contribution is -2.15. The van der Waals surface area contributed by atoms with Crippen LogP contribution in [0.5, 0.6) is 0 Å². The van der Waals surface area contributed by atoms with Crippen molar-refractivity contribution in [3.63, 3.8) is 0 Å². The molecule has 6 aromatic rings. The van der Waals surface area contributed by atoms with Crippen molar-refractivity contribution in [2.45, 2.75) is 0 Å². The quantitative estimate of drug-likeness (QED) is 0.292. The van der Waals surface area contributed by atoms with Gasteiger partial charge in [0.1, 0.15) is 22.7 Å². The molecule has 0 amide bonds. The van der Waals surface area contributed by atoms with Crippen molar-refractivity contribution in [2.75, 3.05) is 0 Å². The number of benzene rings is 4. The second-order valence-electron chi connectivity index (χ2n) is 7.99. The minimum atomic E-state index is -0.277. The highest BCUT2D eigenvalue weighted by atomic mass is 16.3. The van der Waals surface area contributed by atoms with Crippen LogP contribution in [0.4, 0.5) is 0 Å². The summed E-state index contributed by atoms with van der Waals surface area (Å²) in [6.45, 7) is 0. The fourth-order valence-corrected chi connectivity index (χ4v) is 4.32. The Kier molecular flexibility index (Phi) is 5.61. The van der Waals surface area contributed by atoms with Crippen molar-refractivity contribution < 1.29 is 14.3 Å². The van der Waals surface area contributed by atoms with E-state index in [4.69, 9.17) is 8.83 Å². The summed E-state index contributed by atoms with van der Waals surface area (Å²) in [6.07, 6.45) is 0. The Balaban J connectivity index is 0.00000253. The van der Waals surface area contributed by atoms with Crippen LogP contribution >= 0.6 is 0 Å². The van der Waals surface area contributed by atoms with E-state index in [-0.39, 0.29) is 27.5 Å². The molecule has 0 bridgehead atoms. The van der Waals surface area contributed by atoms with Gasteiger partial charge in [0.2, 0.25) is 10.9 Å². The second kappa shape index (κ2) is 8.89. The lowest BCUT2D eigenvalue weighted by molar-refractivity contribution is 0.613. The van der Waals surface area contributed by atoms with E-state index in [9.17, 15) is 9.59 Å². The number of hydrogen-bond acceptors (Lipinski definition) is 4. The van der Waals surface area contributed by atoms with E-state index in [2.05, 4.69) is 0 Å². The molecule has 0 N–H and O–H groups in total. The predicted molar refractivity (Wildman–Crippen MR) is 136 cm³/mol. The summed E-state index contributed by atoms with van der Waals surface area (Å²) in [5.74, 6) is 0.674. The molecule has 0 unspecified atom stereocenters. The van der Waals surface area contributed by atoms with E-state index in [0.29, 0.717) is 44.6 Å². The van der Waals surface area contributed by atoms with Crippen LogP contribution in [-0.2, 0) is 5.48 Å². The van der Waals surface area contributed by atoms with Gasteiger partial charge < -0.3 is 8.83 Å². The highest BCUT2D eigenvalue weighted by molar-refractivity contribution is 5.96. The van der Waals surface area contributed by atoms with Gasteiger partial charge in [0, 0.05) is 16.6 Å². The third-order valence-corrected chi connectivity index (χ3v) is 5.92. The summed E-state index contributed by atoms with van der Waals surface area (Å²) < 4.78 is 12.6. The highest BCUT2D eigenvalue weighted by Gasteiger charge is 2.26. The van der Waals surface area contributed by atoms with Crippen LogP contribution < -0.4 is 10.9 Å². The Labute approximate surface area is 199 Å². The fraction of sp³-hybridized carbons (Fsp3) is 0. The van der Waals surface area contributed by atoms with Crippen molar-refractivity contribution in [1.29, 1.82) is 0 Å². The van der Waals surface area contributed by atoms with Gasteiger partial charge in [0.25, 0.3) is 0 Å². The normalized spacial score (nSPS) is 10.9. The van der Waals surface area contributed by atoms with E-state index in [1.807, 2.05) is 72.8 Å². The molecule has 2 aromatic heterocycles. The average molecular weight is 458 g/mol. The van der Waals surface area contributed by atoms with Gasteiger partial charge in [-0.15, -0.1) is 0 Å². The van der Waals surface area contributed by atoms with E-state index < -0.39 is 0 Å². The van der Waals surface area contributed by atoms with E-state index >= 15 is 0 Å². The van der Waals surface area contributed by atoms with Crippen molar-refractivity contribution >= 4 is 21.9 Å². The van der Waals surface area contributed by atoms with Gasteiger partial charge in [-0.3, -0.25) is 9.59 Å². The summed E-state index contributed by atoms with van der Waals surface area (Å²) in [6, 6.07) is 32.9. The number of para-hydroxylation sites is 2. The third-order valence-electron chi connectivity index (χ3n) is 5.92. The molecule has 5 nitrogen and oxygen atoms in total. The summed E-state index contributed by atoms with van der Waals surface area (Å²) in [7, 11) is 0. The summed E-state index contributed by atoms with van der Waals surface area (Å²) >= 11 is 0. The zero-order valence-electron chi connectivity index (χ0n) is 18.4. The van der Waals surface area contributed by atoms with Gasteiger partial charge in [0.05, 0.1) is 21.9 Å². The van der Waals surface area contributed by atoms with Crippen molar-refractivity contribution in [2.24, 2.45) is 0 Å². The lowest BCUT2D eigenvalue weighted by atomic mass is 9.94. The van der Waals surface area contributed by atoms with Gasteiger partial charge in [-0.05, 0) is 24.3 Å². The minimum Gasteiger partial charge on any atom is -0.455 e. The number of rotatable bonds is 3. The maximum atomic E-state index is 14.0. The summed E-state index contributed by atoms with van der Waals surface area (Å²) in [5.41, 5.74) is 2.16. The first-order valence-electron chi connectivity index (χ1n) is 11.0. The van der Waals surface area contributed by atoms with Crippen LogP contribution in [0.15, 0.2) is 128 Å².